The van der Waals surface area contributed by atoms with E-state index in [1.807, 2.05) is 0 Å². The molecule has 1 fully saturated rings. The summed E-state index contributed by atoms with van der Waals surface area (Å²) in [6.45, 7) is 6.10. The third kappa shape index (κ3) is 4.89. The molecule has 0 aromatic rings. The quantitative estimate of drug-likeness (QED) is 0.783. The summed E-state index contributed by atoms with van der Waals surface area (Å²) in [6, 6.07) is 0. The normalized spacial score (nSPS) is 17.1. The molecule has 0 unspecified atom stereocenters. The van der Waals surface area contributed by atoms with Crippen molar-refractivity contribution in [1.29, 1.82) is 0 Å². The van der Waals surface area contributed by atoms with Gasteiger partial charge in [-0.2, -0.15) is 0 Å². The summed E-state index contributed by atoms with van der Waals surface area (Å²) in [5.41, 5.74) is -0.749. The Morgan fingerprint density at radius 1 is 1.26 bits per heavy atom. The fourth-order valence-corrected chi connectivity index (χ4v) is 2.31. The SMILES string of the molecule is CC(=O)N1CCC(C(=O)NC(C)(C)CC(=O)O)CC1. The van der Waals surface area contributed by atoms with Crippen LogP contribution in [0.15, 0.2) is 0 Å². The third-order valence-corrected chi connectivity index (χ3v) is 3.37. The number of amides is 2. The Balaban J connectivity index is 2.47. The Labute approximate surface area is 113 Å². The van der Waals surface area contributed by atoms with Crippen molar-refractivity contribution in [1.82, 2.24) is 10.2 Å². The summed E-state index contributed by atoms with van der Waals surface area (Å²) in [5.74, 6) is -1.15. The zero-order chi connectivity index (χ0) is 14.6. The highest BCUT2D eigenvalue weighted by Gasteiger charge is 2.30. The number of carbonyl (C=O) groups is 3. The van der Waals surface area contributed by atoms with E-state index in [1.165, 1.54) is 6.92 Å². The molecule has 0 radical (unpaired) electrons. The van der Waals surface area contributed by atoms with Crippen molar-refractivity contribution in [2.45, 2.75) is 45.6 Å². The topological polar surface area (TPSA) is 86.7 Å². The first kappa shape index (κ1) is 15.5. The first-order chi connectivity index (χ1) is 8.71. The predicted octanol–water partition coefficient (Wildman–Crippen LogP) is 0.614. The Morgan fingerprint density at radius 3 is 2.21 bits per heavy atom. The average molecular weight is 270 g/mol. The van der Waals surface area contributed by atoms with Crippen molar-refractivity contribution in [3.8, 4) is 0 Å². The standard InChI is InChI=1S/C13H22N2O4/c1-9(16)15-6-4-10(5-7-15)12(19)14-13(2,3)8-11(17)18/h10H,4-8H2,1-3H3,(H,14,19)(H,17,18). The molecule has 108 valence electrons. The molecule has 1 heterocycles. The van der Waals surface area contributed by atoms with Gasteiger partial charge in [0.15, 0.2) is 0 Å². The van der Waals surface area contributed by atoms with E-state index in [4.69, 9.17) is 5.11 Å². The van der Waals surface area contributed by atoms with E-state index in [0.29, 0.717) is 25.9 Å². The molecule has 1 saturated heterocycles. The number of carbonyl (C=O) groups excluding carboxylic acids is 2. The number of carboxylic acids is 1. The van der Waals surface area contributed by atoms with Gasteiger partial charge in [-0.15, -0.1) is 0 Å². The molecule has 0 atom stereocenters. The van der Waals surface area contributed by atoms with Gasteiger partial charge in [0.05, 0.1) is 6.42 Å². The van der Waals surface area contributed by atoms with Gasteiger partial charge in [-0.05, 0) is 26.7 Å². The van der Waals surface area contributed by atoms with Crippen molar-refractivity contribution in [2.24, 2.45) is 5.92 Å². The summed E-state index contributed by atoms with van der Waals surface area (Å²) < 4.78 is 0. The molecule has 0 spiro atoms. The minimum atomic E-state index is -0.934. The Bertz CT molecular complexity index is 371. The van der Waals surface area contributed by atoms with E-state index in [2.05, 4.69) is 5.32 Å². The zero-order valence-electron chi connectivity index (χ0n) is 11.7. The largest absolute Gasteiger partial charge is 0.481 e. The number of hydrogen-bond acceptors (Lipinski definition) is 3. The molecule has 0 bridgehead atoms. The predicted molar refractivity (Wildman–Crippen MR) is 69.5 cm³/mol. The van der Waals surface area contributed by atoms with E-state index >= 15 is 0 Å². The molecular formula is C13H22N2O4. The molecule has 19 heavy (non-hydrogen) atoms. The van der Waals surface area contributed by atoms with Crippen molar-refractivity contribution in [2.75, 3.05) is 13.1 Å². The number of nitrogens with one attached hydrogen (secondary N) is 1. The molecule has 6 nitrogen and oxygen atoms in total. The summed E-state index contributed by atoms with van der Waals surface area (Å²) in [6.07, 6.45) is 1.16. The van der Waals surface area contributed by atoms with Crippen molar-refractivity contribution >= 4 is 17.8 Å². The number of nitrogens with zero attached hydrogens (tertiary/aromatic N) is 1. The van der Waals surface area contributed by atoms with Gasteiger partial charge in [0.2, 0.25) is 11.8 Å². The molecule has 1 aliphatic rings. The first-order valence-electron chi connectivity index (χ1n) is 6.50. The Hall–Kier alpha value is -1.59. The van der Waals surface area contributed by atoms with Crippen LogP contribution >= 0.6 is 0 Å². The lowest BCUT2D eigenvalue weighted by molar-refractivity contribution is -0.139. The maximum Gasteiger partial charge on any atom is 0.305 e. The van der Waals surface area contributed by atoms with Gasteiger partial charge in [0, 0.05) is 31.5 Å². The smallest absolute Gasteiger partial charge is 0.305 e. The second-order valence-electron chi connectivity index (χ2n) is 5.72. The minimum Gasteiger partial charge on any atom is -0.481 e. The molecule has 1 rings (SSSR count). The van der Waals surface area contributed by atoms with E-state index in [-0.39, 0.29) is 24.2 Å². The number of hydrogen-bond donors (Lipinski definition) is 2. The minimum absolute atomic E-state index is 0.0325. The lowest BCUT2D eigenvalue weighted by Gasteiger charge is -2.33. The number of likely N-dealkylation sites (tertiary alicyclic amines) is 1. The monoisotopic (exact) mass is 270 g/mol. The third-order valence-electron chi connectivity index (χ3n) is 3.37. The van der Waals surface area contributed by atoms with Gasteiger partial charge in [0.25, 0.3) is 0 Å². The molecule has 2 N–H and O–H groups in total. The van der Waals surface area contributed by atoms with Crippen LogP contribution in [0.5, 0.6) is 0 Å². The maximum absolute atomic E-state index is 12.1. The fraction of sp³-hybridized carbons (Fsp3) is 0.769. The first-order valence-corrected chi connectivity index (χ1v) is 6.50. The van der Waals surface area contributed by atoms with Crippen LogP contribution in [-0.4, -0.2) is 46.4 Å². The van der Waals surface area contributed by atoms with Crippen molar-refractivity contribution in [3.05, 3.63) is 0 Å². The zero-order valence-corrected chi connectivity index (χ0v) is 11.7. The second kappa shape index (κ2) is 6.04. The van der Waals surface area contributed by atoms with Crippen LogP contribution in [0.25, 0.3) is 0 Å². The van der Waals surface area contributed by atoms with Gasteiger partial charge in [-0.1, -0.05) is 0 Å². The summed E-state index contributed by atoms with van der Waals surface area (Å²) in [4.78, 5) is 35.7. The summed E-state index contributed by atoms with van der Waals surface area (Å²) in [7, 11) is 0. The fourth-order valence-electron chi connectivity index (χ4n) is 2.31. The van der Waals surface area contributed by atoms with Crippen LogP contribution in [0, 0.1) is 5.92 Å². The van der Waals surface area contributed by atoms with E-state index in [1.54, 1.807) is 18.7 Å². The lowest BCUT2D eigenvalue weighted by atomic mass is 9.93. The van der Waals surface area contributed by atoms with Crippen LogP contribution in [0.3, 0.4) is 0 Å². The highest BCUT2D eigenvalue weighted by molar-refractivity contribution is 5.81. The Kier molecular flexibility index (Phi) is 4.91. The molecule has 2 amide bonds. The molecule has 6 heteroatoms. The lowest BCUT2D eigenvalue weighted by Crippen LogP contribution is -2.49. The highest BCUT2D eigenvalue weighted by Crippen LogP contribution is 2.19. The van der Waals surface area contributed by atoms with E-state index < -0.39 is 11.5 Å². The van der Waals surface area contributed by atoms with Crippen LogP contribution in [0.4, 0.5) is 0 Å². The van der Waals surface area contributed by atoms with Gasteiger partial charge < -0.3 is 15.3 Å². The summed E-state index contributed by atoms with van der Waals surface area (Å²) in [5, 5.41) is 11.6. The van der Waals surface area contributed by atoms with Crippen molar-refractivity contribution < 1.29 is 19.5 Å². The van der Waals surface area contributed by atoms with Gasteiger partial charge in [0.1, 0.15) is 0 Å². The maximum atomic E-state index is 12.1. The van der Waals surface area contributed by atoms with Crippen LogP contribution in [0.1, 0.15) is 40.0 Å². The molecular weight excluding hydrogens is 248 g/mol. The van der Waals surface area contributed by atoms with Gasteiger partial charge in [-0.3, -0.25) is 14.4 Å². The molecule has 1 aliphatic heterocycles. The van der Waals surface area contributed by atoms with Gasteiger partial charge >= 0.3 is 5.97 Å². The number of rotatable bonds is 4. The number of carboxylic acid groups (broad SMARTS) is 1. The van der Waals surface area contributed by atoms with E-state index in [0.717, 1.165) is 0 Å². The highest BCUT2D eigenvalue weighted by atomic mass is 16.4. The Morgan fingerprint density at radius 2 is 1.79 bits per heavy atom. The summed E-state index contributed by atoms with van der Waals surface area (Å²) >= 11 is 0. The van der Waals surface area contributed by atoms with Gasteiger partial charge in [-0.25, -0.2) is 0 Å². The van der Waals surface area contributed by atoms with Crippen molar-refractivity contribution in [3.63, 3.8) is 0 Å². The second-order valence-corrected chi connectivity index (χ2v) is 5.72. The number of aliphatic carboxylic acids is 1. The molecule has 0 aromatic carbocycles. The van der Waals surface area contributed by atoms with Crippen LogP contribution < -0.4 is 5.32 Å². The average Bonchev–Trinajstić information content (AvgIpc) is 2.26. The van der Waals surface area contributed by atoms with Crippen LogP contribution in [0.2, 0.25) is 0 Å². The molecule has 0 aliphatic carbocycles. The van der Waals surface area contributed by atoms with E-state index in [9.17, 15) is 14.4 Å². The van der Waals surface area contributed by atoms with Crippen LogP contribution in [-0.2, 0) is 14.4 Å². The molecule has 0 aromatic heterocycles. The number of piperidine rings is 1. The molecule has 0 saturated carbocycles.